The molecule has 27 heavy (non-hydrogen) atoms. The first kappa shape index (κ1) is 17.3. The van der Waals surface area contributed by atoms with E-state index in [1.807, 2.05) is 0 Å². The van der Waals surface area contributed by atoms with Crippen LogP contribution in [0.25, 0.3) is 0 Å². The van der Waals surface area contributed by atoms with Gasteiger partial charge in [-0.05, 0) is 24.3 Å². The number of hydrogen-bond donors (Lipinski definition) is 1. The lowest BCUT2D eigenvalue weighted by Gasteiger charge is -2.27. The normalized spacial score (nSPS) is 14.9. The Labute approximate surface area is 153 Å². The molecule has 0 unspecified atom stereocenters. The average Bonchev–Trinajstić information content (AvgIpc) is 3.28. The van der Waals surface area contributed by atoms with Gasteiger partial charge in [-0.2, -0.15) is 5.10 Å². The molecule has 0 bridgehead atoms. The summed E-state index contributed by atoms with van der Waals surface area (Å²) in [5.41, 5.74) is 1.29. The third kappa shape index (κ3) is 3.10. The Bertz CT molecular complexity index is 1010. The average molecular weight is 373 g/mol. The van der Waals surface area contributed by atoms with Crippen molar-refractivity contribution in [3.05, 3.63) is 71.1 Å². The van der Waals surface area contributed by atoms with Crippen molar-refractivity contribution in [2.45, 2.75) is 19.2 Å². The van der Waals surface area contributed by atoms with Crippen LogP contribution in [0.1, 0.15) is 33.7 Å². The molecule has 0 saturated carbocycles. The van der Waals surface area contributed by atoms with Gasteiger partial charge in [-0.15, -0.1) is 0 Å². The summed E-state index contributed by atoms with van der Waals surface area (Å²) in [6, 6.07) is 4.84. The second kappa shape index (κ2) is 6.58. The van der Waals surface area contributed by atoms with Gasteiger partial charge in [-0.25, -0.2) is 13.8 Å². The Hall–Kier alpha value is -3.07. The summed E-state index contributed by atoms with van der Waals surface area (Å²) in [5.74, 6) is -1.95. The van der Waals surface area contributed by atoms with E-state index in [0.717, 1.165) is 17.8 Å². The van der Waals surface area contributed by atoms with E-state index in [2.05, 4.69) is 10.1 Å². The molecule has 1 atom stereocenters. The number of imidazole rings is 1. The van der Waals surface area contributed by atoms with E-state index < -0.39 is 17.7 Å². The van der Waals surface area contributed by atoms with Crippen molar-refractivity contribution in [1.82, 2.24) is 24.2 Å². The van der Waals surface area contributed by atoms with Gasteiger partial charge in [0, 0.05) is 31.5 Å². The monoisotopic (exact) mass is 373 g/mol. The molecule has 0 aliphatic carbocycles. The largest absolute Gasteiger partial charge is 0.379 e. The maximum absolute atomic E-state index is 13.4. The third-order valence-corrected chi connectivity index (χ3v) is 4.65. The fraction of sp³-hybridized carbons (Fsp3) is 0.278. The van der Waals surface area contributed by atoms with Crippen LogP contribution in [0.15, 0.2) is 36.7 Å². The van der Waals surface area contributed by atoms with E-state index in [1.165, 1.54) is 6.07 Å². The molecule has 140 valence electrons. The first-order valence-corrected chi connectivity index (χ1v) is 8.40. The number of rotatable bonds is 3. The van der Waals surface area contributed by atoms with Crippen LogP contribution in [0.3, 0.4) is 0 Å². The second-order valence-corrected chi connectivity index (χ2v) is 6.44. The summed E-state index contributed by atoms with van der Waals surface area (Å²) in [4.78, 5) is 18.3. The zero-order valence-electron chi connectivity index (χ0n) is 14.5. The number of aryl methyl sites for hydroxylation is 1. The zero-order valence-corrected chi connectivity index (χ0v) is 14.5. The number of aromatic nitrogens is 4. The van der Waals surface area contributed by atoms with Crippen LogP contribution in [-0.2, 0) is 20.1 Å². The van der Waals surface area contributed by atoms with Crippen LogP contribution in [0.2, 0.25) is 0 Å². The SMILES string of the molecule is Cn1ccnc1[C@@H](O)c1cc2n(n1)CCN(C(=O)c1ccc(F)c(F)c1)C2. The Balaban J connectivity index is 1.55. The summed E-state index contributed by atoms with van der Waals surface area (Å²) in [5, 5.41) is 14.9. The first-order chi connectivity index (χ1) is 12.9. The number of benzene rings is 1. The van der Waals surface area contributed by atoms with Crippen molar-refractivity contribution in [3.8, 4) is 0 Å². The van der Waals surface area contributed by atoms with E-state index in [1.54, 1.807) is 39.7 Å². The number of halogens is 2. The molecular formula is C18H17F2N5O2. The minimum atomic E-state index is -1.05. The molecule has 3 aromatic rings. The first-order valence-electron chi connectivity index (χ1n) is 8.40. The van der Waals surface area contributed by atoms with Gasteiger partial charge in [-0.3, -0.25) is 9.48 Å². The van der Waals surface area contributed by atoms with Gasteiger partial charge in [0.15, 0.2) is 17.7 Å². The second-order valence-electron chi connectivity index (χ2n) is 6.44. The van der Waals surface area contributed by atoms with Crippen LogP contribution < -0.4 is 0 Å². The van der Waals surface area contributed by atoms with Crippen LogP contribution in [0.5, 0.6) is 0 Å². The smallest absolute Gasteiger partial charge is 0.254 e. The van der Waals surface area contributed by atoms with Gasteiger partial charge >= 0.3 is 0 Å². The van der Waals surface area contributed by atoms with Gasteiger partial charge in [-0.1, -0.05) is 0 Å². The van der Waals surface area contributed by atoms with E-state index in [9.17, 15) is 18.7 Å². The molecule has 1 aromatic carbocycles. The van der Waals surface area contributed by atoms with Gasteiger partial charge in [0.2, 0.25) is 0 Å². The van der Waals surface area contributed by atoms with E-state index in [-0.39, 0.29) is 18.0 Å². The fourth-order valence-electron chi connectivity index (χ4n) is 3.18. The quantitative estimate of drug-likeness (QED) is 0.757. The lowest BCUT2D eigenvalue weighted by atomic mass is 10.1. The van der Waals surface area contributed by atoms with Crippen molar-refractivity contribution in [1.29, 1.82) is 0 Å². The molecule has 1 aliphatic rings. The number of nitrogens with zero attached hydrogens (tertiary/aromatic N) is 5. The molecular weight excluding hydrogens is 356 g/mol. The Kier molecular flexibility index (Phi) is 4.23. The van der Waals surface area contributed by atoms with Crippen molar-refractivity contribution in [3.63, 3.8) is 0 Å². The van der Waals surface area contributed by atoms with Crippen molar-refractivity contribution < 1.29 is 18.7 Å². The summed E-state index contributed by atoms with van der Waals surface area (Å²) in [6.45, 7) is 1.08. The Morgan fingerprint density at radius 2 is 2.04 bits per heavy atom. The Morgan fingerprint density at radius 3 is 2.74 bits per heavy atom. The van der Waals surface area contributed by atoms with Crippen molar-refractivity contribution in [2.75, 3.05) is 6.54 Å². The predicted octanol–water partition coefficient (Wildman–Crippen LogP) is 1.63. The highest BCUT2D eigenvalue weighted by Crippen LogP contribution is 2.23. The molecule has 7 nitrogen and oxygen atoms in total. The van der Waals surface area contributed by atoms with E-state index >= 15 is 0 Å². The molecule has 3 heterocycles. The number of carbonyl (C=O) groups excluding carboxylic acids is 1. The number of fused-ring (bicyclic) bond motifs is 1. The summed E-state index contributed by atoms with van der Waals surface area (Å²) in [7, 11) is 1.78. The highest BCUT2D eigenvalue weighted by atomic mass is 19.2. The number of hydrogen-bond acceptors (Lipinski definition) is 4. The maximum atomic E-state index is 13.4. The van der Waals surface area contributed by atoms with Gasteiger partial charge in [0.05, 0.1) is 24.5 Å². The number of carbonyl (C=O) groups is 1. The molecule has 9 heteroatoms. The van der Waals surface area contributed by atoms with E-state index in [4.69, 9.17) is 0 Å². The number of amides is 1. The van der Waals surface area contributed by atoms with Crippen LogP contribution in [-0.4, -0.2) is 41.8 Å². The molecule has 0 fully saturated rings. The summed E-state index contributed by atoms with van der Waals surface area (Å²) in [6.07, 6.45) is 2.35. The lowest BCUT2D eigenvalue weighted by Crippen LogP contribution is -2.38. The van der Waals surface area contributed by atoms with Gasteiger partial charge < -0.3 is 14.6 Å². The lowest BCUT2D eigenvalue weighted by molar-refractivity contribution is 0.0705. The fourth-order valence-corrected chi connectivity index (χ4v) is 3.18. The van der Waals surface area contributed by atoms with Gasteiger partial charge in [0.25, 0.3) is 5.91 Å². The summed E-state index contributed by atoms with van der Waals surface area (Å²) >= 11 is 0. The topological polar surface area (TPSA) is 76.2 Å². The van der Waals surface area contributed by atoms with Crippen LogP contribution in [0.4, 0.5) is 8.78 Å². The minimum absolute atomic E-state index is 0.0927. The molecule has 4 rings (SSSR count). The van der Waals surface area contributed by atoms with Crippen LogP contribution >= 0.6 is 0 Å². The molecule has 0 spiro atoms. The highest BCUT2D eigenvalue weighted by Gasteiger charge is 2.26. The maximum Gasteiger partial charge on any atom is 0.254 e. The number of aliphatic hydroxyl groups is 1. The number of aliphatic hydroxyl groups excluding tert-OH is 1. The molecule has 1 aliphatic heterocycles. The highest BCUT2D eigenvalue weighted by molar-refractivity contribution is 5.94. The predicted molar refractivity (Wildman–Crippen MR) is 90.6 cm³/mol. The van der Waals surface area contributed by atoms with E-state index in [0.29, 0.717) is 24.6 Å². The van der Waals surface area contributed by atoms with Gasteiger partial charge in [0.1, 0.15) is 5.82 Å². The third-order valence-electron chi connectivity index (χ3n) is 4.65. The standard InChI is InChI=1S/C18H17F2N5O2/c1-23-5-4-21-17(23)16(26)15-9-12-10-24(6-7-25(12)22-15)18(27)11-2-3-13(19)14(20)8-11/h2-5,8-9,16,26H,6-7,10H2,1H3/t16-/m0/s1. The minimum Gasteiger partial charge on any atom is -0.379 e. The van der Waals surface area contributed by atoms with Crippen molar-refractivity contribution >= 4 is 5.91 Å². The van der Waals surface area contributed by atoms with Crippen LogP contribution in [0, 0.1) is 11.6 Å². The molecule has 0 radical (unpaired) electrons. The zero-order chi connectivity index (χ0) is 19.1. The Morgan fingerprint density at radius 1 is 1.22 bits per heavy atom. The van der Waals surface area contributed by atoms with Crippen molar-refractivity contribution in [2.24, 2.45) is 7.05 Å². The summed E-state index contributed by atoms with van der Waals surface area (Å²) < 4.78 is 29.9. The molecule has 1 amide bonds. The molecule has 0 saturated heterocycles. The molecule has 1 N–H and O–H groups in total. The molecule has 2 aromatic heterocycles.